The van der Waals surface area contributed by atoms with Gasteiger partial charge in [-0.05, 0) is 73.9 Å². The van der Waals surface area contributed by atoms with Crippen molar-refractivity contribution in [3.8, 4) is 11.1 Å². The molecule has 10 heteroatoms. The minimum Gasteiger partial charge on any atom is -0.381 e. The molecule has 1 aliphatic heterocycles. The Hall–Kier alpha value is -4.05. The molecule has 9 nitrogen and oxygen atoms in total. The van der Waals surface area contributed by atoms with Gasteiger partial charge in [-0.15, -0.1) is 0 Å². The Balaban J connectivity index is 1.35. The molecule has 2 aromatic heterocycles. The van der Waals surface area contributed by atoms with Crippen molar-refractivity contribution in [1.82, 2.24) is 24.9 Å². The standard InChI is InChI=1S/C28H30FN7O2/c1-17-13-19(5-8-23(17)26(37)32-21-6-7-21)24-16-31-36-25(24)34-27(33-22-4-2-3-20(29)14-22)35-28(36)30-15-18-9-11-38-12-10-18/h2-5,8,13-14,16,18,21H,6-7,9-12,15H2,1H3,(H,32,37)(H2,30,33,34,35). The molecule has 4 aromatic rings. The number of aromatic nitrogens is 4. The lowest BCUT2D eigenvalue weighted by atomic mass is 10.0. The normalized spacial score (nSPS) is 15.9. The minimum atomic E-state index is -0.347. The Morgan fingerprint density at radius 3 is 2.71 bits per heavy atom. The lowest BCUT2D eigenvalue weighted by molar-refractivity contribution is 0.0699. The number of ether oxygens (including phenoxy) is 1. The summed E-state index contributed by atoms with van der Waals surface area (Å²) >= 11 is 0. The molecule has 38 heavy (non-hydrogen) atoms. The lowest BCUT2D eigenvalue weighted by Crippen LogP contribution is -2.26. The molecule has 1 saturated carbocycles. The molecule has 0 radical (unpaired) electrons. The number of nitrogens with zero attached hydrogens (tertiary/aromatic N) is 4. The van der Waals surface area contributed by atoms with E-state index in [0.717, 1.165) is 62.1 Å². The molecular formula is C28H30FN7O2. The second kappa shape index (κ2) is 10.4. The Morgan fingerprint density at radius 2 is 1.95 bits per heavy atom. The zero-order valence-electron chi connectivity index (χ0n) is 21.2. The summed E-state index contributed by atoms with van der Waals surface area (Å²) in [4.78, 5) is 22.0. The van der Waals surface area contributed by atoms with Gasteiger partial charge in [0.2, 0.25) is 11.9 Å². The quantitative estimate of drug-likeness (QED) is 0.312. The number of rotatable bonds is 8. The third kappa shape index (κ3) is 5.31. The van der Waals surface area contributed by atoms with Crippen LogP contribution >= 0.6 is 0 Å². The summed E-state index contributed by atoms with van der Waals surface area (Å²) in [6, 6.07) is 12.2. The first-order valence-electron chi connectivity index (χ1n) is 13.1. The van der Waals surface area contributed by atoms with Gasteiger partial charge < -0.3 is 20.7 Å². The first-order valence-corrected chi connectivity index (χ1v) is 13.1. The number of hydrogen-bond donors (Lipinski definition) is 3. The monoisotopic (exact) mass is 515 g/mol. The van der Waals surface area contributed by atoms with E-state index < -0.39 is 0 Å². The van der Waals surface area contributed by atoms with Crippen LogP contribution in [0.4, 0.5) is 22.0 Å². The van der Waals surface area contributed by atoms with Crippen LogP contribution in [0.25, 0.3) is 16.8 Å². The van der Waals surface area contributed by atoms with E-state index >= 15 is 0 Å². The molecule has 3 N–H and O–H groups in total. The molecule has 2 aliphatic rings. The van der Waals surface area contributed by atoms with Crippen molar-refractivity contribution in [1.29, 1.82) is 0 Å². The van der Waals surface area contributed by atoms with Crippen LogP contribution in [0.15, 0.2) is 48.7 Å². The van der Waals surface area contributed by atoms with Crippen molar-refractivity contribution >= 4 is 29.1 Å². The van der Waals surface area contributed by atoms with E-state index in [2.05, 4.69) is 26.0 Å². The molecule has 0 atom stereocenters. The highest BCUT2D eigenvalue weighted by molar-refractivity contribution is 5.97. The molecule has 6 rings (SSSR count). The van der Waals surface area contributed by atoms with Crippen molar-refractivity contribution in [2.75, 3.05) is 30.4 Å². The zero-order chi connectivity index (χ0) is 26.1. The minimum absolute atomic E-state index is 0.0417. The number of anilines is 3. The first kappa shape index (κ1) is 24.3. The van der Waals surface area contributed by atoms with Gasteiger partial charge in [0, 0.05) is 42.6 Å². The van der Waals surface area contributed by atoms with E-state index in [0.29, 0.717) is 40.8 Å². The van der Waals surface area contributed by atoms with Gasteiger partial charge in [-0.3, -0.25) is 4.79 Å². The predicted molar refractivity (Wildman–Crippen MR) is 143 cm³/mol. The second-order valence-electron chi connectivity index (χ2n) is 10.0. The zero-order valence-corrected chi connectivity index (χ0v) is 21.2. The van der Waals surface area contributed by atoms with Crippen LogP contribution in [0.5, 0.6) is 0 Å². The number of nitrogens with one attached hydrogen (secondary N) is 3. The molecule has 196 valence electrons. The average Bonchev–Trinajstić information content (AvgIpc) is 3.63. The number of fused-ring (bicyclic) bond motifs is 1. The molecule has 0 unspecified atom stereocenters. The van der Waals surface area contributed by atoms with E-state index in [9.17, 15) is 9.18 Å². The summed E-state index contributed by atoms with van der Waals surface area (Å²) in [5.41, 5.74) is 4.40. The Bertz CT molecular complexity index is 1480. The number of halogens is 1. The highest BCUT2D eigenvalue weighted by atomic mass is 19.1. The third-order valence-electron chi connectivity index (χ3n) is 7.03. The van der Waals surface area contributed by atoms with Crippen molar-refractivity contribution < 1.29 is 13.9 Å². The van der Waals surface area contributed by atoms with Gasteiger partial charge in [-0.2, -0.15) is 19.6 Å². The summed E-state index contributed by atoms with van der Waals surface area (Å²) in [5.74, 6) is 0.959. The molecule has 0 spiro atoms. The average molecular weight is 516 g/mol. The van der Waals surface area contributed by atoms with Crippen LogP contribution in [0.2, 0.25) is 0 Å². The van der Waals surface area contributed by atoms with Crippen LogP contribution in [0, 0.1) is 18.7 Å². The number of benzene rings is 2. The van der Waals surface area contributed by atoms with Gasteiger partial charge in [-0.1, -0.05) is 18.2 Å². The van der Waals surface area contributed by atoms with Crippen molar-refractivity contribution in [3.63, 3.8) is 0 Å². The number of carbonyl (C=O) groups is 1. The largest absolute Gasteiger partial charge is 0.381 e. The Labute approximate surface area is 219 Å². The fraction of sp³-hybridized carbons (Fsp3) is 0.357. The van der Waals surface area contributed by atoms with Gasteiger partial charge >= 0.3 is 0 Å². The maximum absolute atomic E-state index is 13.8. The van der Waals surface area contributed by atoms with Gasteiger partial charge in [0.1, 0.15) is 5.82 Å². The smallest absolute Gasteiger partial charge is 0.251 e. The summed E-state index contributed by atoms with van der Waals surface area (Å²) in [7, 11) is 0. The van der Waals surface area contributed by atoms with E-state index in [1.165, 1.54) is 12.1 Å². The summed E-state index contributed by atoms with van der Waals surface area (Å²) in [6.07, 6.45) is 5.82. The topological polar surface area (TPSA) is 105 Å². The lowest BCUT2D eigenvalue weighted by Gasteiger charge is -2.22. The molecule has 2 aromatic carbocycles. The number of hydrogen-bond acceptors (Lipinski definition) is 7. The van der Waals surface area contributed by atoms with Crippen molar-refractivity contribution in [2.45, 2.75) is 38.6 Å². The number of carbonyl (C=O) groups excluding carboxylic acids is 1. The van der Waals surface area contributed by atoms with Crippen LogP contribution in [0.1, 0.15) is 41.6 Å². The molecule has 3 heterocycles. The van der Waals surface area contributed by atoms with E-state index in [-0.39, 0.29) is 11.7 Å². The number of aryl methyl sites for hydroxylation is 1. The maximum atomic E-state index is 13.8. The fourth-order valence-corrected chi connectivity index (χ4v) is 4.71. The molecular weight excluding hydrogens is 485 g/mol. The second-order valence-corrected chi connectivity index (χ2v) is 10.0. The fourth-order valence-electron chi connectivity index (χ4n) is 4.71. The maximum Gasteiger partial charge on any atom is 0.251 e. The van der Waals surface area contributed by atoms with E-state index in [4.69, 9.17) is 9.72 Å². The highest BCUT2D eigenvalue weighted by Gasteiger charge is 2.25. The van der Waals surface area contributed by atoms with Crippen LogP contribution in [-0.2, 0) is 4.74 Å². The summed E-state index contributed by atoms with van der Waals surface area (Å²) in [6.45, 7) is 4.19. The third-order valence-corrected chi connectivity index (χ3v) is 7.03. The van der Waals surface area contributed by atoms with Gasteiger partial charge in [0.25, 0.3) is 5.91 Å². The van der Waals surface area contributed by atoms with Crippen LogP contribution in [0.3, 0.4) is 0 Å². The first-order chi connectivity index (χ1) is 18.5. The van der Waals surface area contributed by atoms with Gasteiger partial charge in [0.15, 0.2) is 5.65 Å². The Kier molecular flexibility index (Phi) is 6.63. The van der Waals surface area contributed by atoms with Gasteiger partial charge in [0.05, 0.1) is 6.20 Å². The molecule has 2 fully saturated rings. The number of amides is 1. The van der Waals surface area contributed by atoms with Gasteiger partial charge in [-0.25, -0.2) is 4.39 Å². The summed E-state index contributed by atoms with van der Waals surface area (Å²) in [5, 5.41) is 14.2. The highest BCUT2D eigenvalue weighted by Crippen LogP contribution is 2.29. The SMILES string of the molecule is Cc1cc(-c2cnn3c(NCC4CCOCC4)nc(Nc4cccc(F)c4)nc23)ccc1C(=O)NC1CC1. The Morgan fingerprint density at radius 1 is 1.11 bits per heavy atom. The van der Waals surface area contributed by atoms with E-state index in [1.54, 1.807) is 22.8 Å². The molecule has 1 aliphatic carbocycles. The van der Waals surface area contributed by atoms with E-state index in [1.807, 2.05) is 25.1 Å². The molecule has 1 saturated heterocycles. The molecule has 1 amide bonds. The van der Waals surface area contributed by atoms with Crippen LogP contribution < -0.4 is 16.0 Å². The predicted octanol–water partition coefficient (Wildman–Crippen LogP) is 4.71. The van der Waals surface area contributed by atoms with Crippen LogP contribution in [-0.4, -0.2) is 51.3 Å². The van der Waals surface area contributed by atoms with Crippen molar-refractivity contribution in [3.05, 3.63) is 65.6 Å². The summed E-state index contributed by atoms with van der Waals surface area (Å²) < 4.78 is 21.0. The molecule has 0 bridgehead atoms. The van der Waals surface area contributed by atoms with Crippen molar-refractivity contribution in [2.24, 2.45) is 5.92 Å².